The van der Waals surface area contributed by atoms with Gasteiger partial charge in [0, 0.05) is 30.9 Å². The standard InChI is InChI=1S/C27H32N3O3SSi/c1-27(2,3)22-18-30(26-28-23(19-34-26)24(31)29-14-16-32-17-15-29)25(22)33-35(20-10-6-4-7-11-20)21-12-8-5-9-13-21/h4-13,19,22,25H,14-18H2,1-3H3. The highest BCUT2D eigenvalue weighted by Gasteiger charge is 2.48. The molecule has 2 aromatic carbocycles. The van der Waals surface area contributed by atoms with Gasteiger partial charge in [0.15, 0.2) is 5.13 Å². The Morgan fingerprint density at radius 2 is 1.63 bits per heavy atom. The second-order valence-corrected chi connectivity index (χ2v) is 13.0. The van der Waals surface area contributed by atoms with Gasteiger partial charge in [0.2, 0.25) is 0 Å². The van der Waals surface area contributed by atoms with Crippen molar-refractivity contribution in [3.63, 3.8) is 0 Å². The number of nitrogens with zero attached hydrogens (tertiary/aromatic N) is 3. The molecule has 0 spiro atoms. The smallest absolute Gasteiger partial charge is 0.285 e. The van der Waals surface area contributed by atoms with Crippen LogP contribution in [0.25, 0.3) is 0 Å². The first kappa shape index (κ1) is 24.2. The first-order valence-corrected chi connectivity index (χ1v) is 14.4. The second-order valence-electron chi connectivity index (χ2n) is 10.1. The molecular weight excluding hydrogens is 474 g/mol. The highest BCUT2D eigenvalue weighted by Crippen LogP contribution is 2.43. The number of carbonyl (C=O) groups is 1. The Labute approximate surface area is 213 Å². The van der Waals surface area contributed by atoms with Crippen molar-refractivity contribution >= 4 is 41.8 Å². The molecule has 5 rings (SSSR count). The summed E-state index contributed by atoms with van der Waals surface area (Å²) in [6, 6.07) is 21.1. The molecule has 0 aliphatic carbocycles. The first-order chi connectivity index (χ1) is 16.9. The van der Waals surface area contributed by atoms with Gasteiger partial charge >= 0.3 is 0 Å². The third-order valence-corrected chi connectivity index (χ3v) is 9.79. The van der Waals surface area contributed by atoms with E-state index < -0.39 is 9.04 Å². The minimum atomic E-state index is -1.47. The third kappa shape index (κ3) is 5.21. The van der Waals surface area contributed by atoms with E-state index in [0.29, 0.717) is 37.9 Å². The maximum atomic E-state index is 13.0. The fourth-order valence-corrected chi connectivity index (χ4v) is 7.51. The molecule has 0 bridgehead atoms. The summed E-state index contributed by atoms with van der Waals surface area (Å²) in [6.45, 7) is 10.1. The number of hydrogen-bond acceptors (Lipinski definition) is 6. The fourth-order valence-electron chi connectivity index (χ4n) is 4.54. The van der Waals surface area contributed by atoms with E-state index in [1.165, 1.54) is 21.7 Å². The van der Waals surface area contributed by atoms with Crippen molar-refractivity contribution in [2.24, 2.45) is 11.3 Å². The summed E-state index contributed by atoms with van der Waals surface area (Å²) in [5.74, 6) is 0.344. The molecule has 2 unspecified atom stereocenters. The molecule has 35 heavy (non-hydrogen) atoms. The van der Waals surface area contributed by atoms with E-state index in [-0.39, 0.29) is 17.6 Å². The average molecular weight is 507 g/mol. The van der Waals surface area contributed by atoms with Crippen molar-refractivity contribution in [2.75, 3.05) is 37.7 Å². The lowest BCUT2D eigenvalue weighted by Gasteiger charge is -2.53. The molecule has 6 nitrogen and oxygen atoms in total. The molecule has 3 aromatic rings. The lowest BCUT2D eigenvalue weighted by molar-refractivity contribution is 0.00489. The minimum absolute atomic E-state index is 0.0144. The molecule has 2 atom stereocenters. The van der Waals surface area contributed by atoms with E-state index in [4.69, 9.17) is 14.1 Å². The Bertz CT molecular complexity index is 1090. The maximum Gasteiger partial charge on any atom is 0.285 e. The highest BCUT2D eigenvalue weighted by atomic mass is 32.1. The lowest BCUT2D eigenvalue weighted by Crippen LogP contribution is -2.65. The first-order valence-electron chi connectivity index (χ1n) is 12.2. The van der Waals surface area contributed by atoms with Crippen LogP contribution in [0.15, 0.2) is 66.0 Å². The number of rotatable bonds is 6. The van der Waals surface area contributed by atoms with Crippen molar-refractivity contribution < 1.29 is 14.0 Å². The number of benzene rings is 2. The van der Waals surface area contributed by atoms with Crippen LogP contribution < -0.4 is 15.3 Å². The topological polar surface area (TPSA) is 54.9 Å². The fraction of sp³-hybridized carbons (Fsp3) is 0.407. The maximum absolute atomic E-state index is 13.0. The molecule has 3 heterocycles. The van der Waals surface area contributed by atoms with E-state index in [1.807, 2.05) is 22.4 Å². The number of amides is 1. The predicted octanol–water partition coefficient (Wildman–Crippen LogP) is 3.25. The quantitative estimate of drug-likeness (QED) is 0.481. The van der Waals surface area contributed by atoms with Gasteiger partial charge < -0.3 is 19.0 Å². The van der Waals surface area contributed by atoms with Gasteiger partial charge in [-0.05, 0) is 15.8 Å². The molecule has 8 heteroatoms. The molecule has 1 amide bonds. The molecule has 2 saturated heterocycles. The summed E-state index contributed by atoms with van der Waals surface area (Å²) >= 11 is 1.53. The lowest BCUT2D eigenvalue weighted by atomic mass is 9.74. The molecule has 2 aliphatic heterocycles. The highest BCUT2D eigenvalue weighted by molar-refractivity contribution is 7.14. The van der Waals surface area contributed by atoms with Crippen LogP contribution in [0.5, 0.6) is 0 Å². The average Bonchev–Trinajstić information content (AvgIpc) is 3.33. The van der Waals surface area contributed by atoms with E-state index >= 15 is 0 Å². The SMILES string of the molecule is CC(C)(C)C1CN(c2nc(C(=O)N3CCOCC3)cs2)C1O[Si](c1ccccc1)c1ccccc1. The van der Waals surface area contributed by atoms with Gasteiger partial charge in [-0.3, -0.25) is 4.79 Å². The van der Waals surface area contributed by atoms with Gasteiger partial charge in [-0.2, -0.15) is 0 Å². The van der Waals surface area contributed by atoms with Crippen LogP contribution in [0.4, 0.5) is 5.13 Å². The molecule has 0 saturated carbocycles. The van der Waals surface area contributed by atoms with Crippen molar-refractivity contribution in [2.45, 2.75) is 27.0 Å². The zero-order valence-corrected chi connectivity index (χ0v) is 22.3. The van der Waals surface area contributed by atoms with Crippen LogP contribution in [0.3, 0.4) is 0 Å². The predicted molar refractivity (Wildman–Crippen MR) is 142 cm³/mol. The number of ether oxygens (including phenoxy) is 1. The number of anilines is 1. The Morgan fingerprint density at radius 3 is 2.20 bits per heavy atom. The summed E-state index contributed by atoms with van der Waals surface area (Å²) in [4.78, 5) is 21.8. The molecular formula is C27H32N3O3SSi. The van der Waals surface area contributed by atoms with Crippen molar-refractivity contribution in [3.8, 4) is 0 Å². The molecule has 2 aliphatic rings. The molecule has 183 valence electrons. The van der Waals surface area contributed by atoms with Gasteiger partial charge in [-0.25, -0.2) is 4.98 Å². The van der Waals surface area contributed by atoms with Crippen LogP contribution in [0, 0.1) is 11.3 Å². The van der Waals surface area contributed by atoms with Gasteiger partial charge in [0.25, 0.3) is 14.9 Å². The van der Waals surface area contributed by atoms with Crippen LogP contribution >= 0.6 is 11.3 Å². The summed E-state index contributed by atoms with van der Waals surface area (Å²) in [5.41, 5.74) is 0.604. The van der Waals surface area contributed by atoms with Gasteiger partial charge in [-0.15, -0.1) is 11.3 Å². The minimum Gasteiger partial charge on any atom is -0.387 e. The van der Waals surface area contributed by atoms with Crippen LogP contribution in [0.2, 0.25) is 0 Å². The summed E-state index contributed by atoms with van der Waals surface area (Å²) < 4.78 is 12.4. The Kier molecular flexibility index (Phi) is 7.06. The van der Waals surface area contributed by atoms with Crippen molar-refractivity contribution in [1.82, 2.24) is 9.88 Å². The number of hydrogen-bond donors (Lipinski definition) is 0. The summed E-state index contributed by atoms with van der Waals surface area (Å²) in [5, 5.41) is 5.19. The number of carbonyl (C=O) groups excluding carboxylic acids is 1. The number of aromatic nitrogens is 1. The van der Waals surface area contributed by atoms with Crippen molar-refractivity contribution in [1.29, 1.82) is 0 Å². The third-order valence-electron chi connectivity index (χ3n) is 6.72. The Hall–Kier alpha value is -2.52. The zero-order valence-electron chi connectivity index (χ0n) is 20.5. The Morgan fingerprint density at radius 1 is 1.03 bits per heavy atom. The normalized spacial score (nSPS) is 20.7. The van der Waals surface area contributed by atoms with Gasteiger partial charge in [-0.1, -0.05) is 81.4 Å². The summed E-state index contributed by atoms with van der Waals surface area (Å²) in [6.07, 6.45) is -0.0956. The van der Waals surface area contributed by atoms with Crippen LogP contribution in [-0.2, 0) is 9.16 Å². The van der Waals surface area contributed by atoms with Crippen LogP contribution in [-0.4, -0.2) is 63.9 Å². The van der Waals surface area contributed by atoms with E-state index in [0.717, 1.165) is 11.7 Å². The van der Waals surface area contributed by atoms with E-state index in [1.54, 1.807) is 0 Å². The molecule has 1 radical (unpaired) electrons. The molecule has 1 aromatic heterocycles. The Balaban J connectivity index is 1.41. The van der Waals surface area contributed by atoms with Gasteiger partial charge in [0.05, 0.1) is 13.2 Å². The van der Waals surface area contributed by atoms with E-state index in [9.17, 15) is 4.79 Å². The van der Waals surface area contributed by atoms with Gasteiger partial charge in [0.1, 0.15) is 11.9 Å². The number of morpholine rings is 1. The monoisotopic (exact) mass is 506 g/mol. The zero-order chi connectivity index (χ0) is 24.4. The van der Waals surface area contributed by atoms with Crippen LogP contribution in [0.1, 0.15) is 31.3 Å². The molecule has 0 N–H and O–H groups in total. The molecule has 2 fully saturated rings. The summed E-state index contributed by atoms with van der Waals surface area (Å²) in [7, 11) is -1.47. The van der Waals surface area contributed by atoms with E-state index in [2.05, 4.69) is 74.2 Å². The van der Waals surface area contributed by atoms with Crippen molar-refractivity contribution in [3.05, 3.63) is 71.7 Å². The number of thiazole rings is 1. The second kappa shape index (κ2) is 10.2. The largest absolute Gasteiger partial charge is 0.387 e.